The van der Waals surface area contributed by atoms with Crippen LogP contribution in [0, 0.1) is 0 Å². The summed E-state index contributed by atoms with van der Waals surface area (Å²) in [5.41, 5.74) is 2.91. The van der Waals surface area contributed by atoms with E-state index in [2.05, 4.69) is 34.5 Å². The molecule has 6 heteroatoms. The highest BCUT2D eigenvalue weighted by atomic mass is 32.2. The topological polar surface area (TPSA) is 66.0 Å². The van der Waals surface area contributed by atoms with Crippen molar-refractivity contribution < 1.29 is 4.74 Å². The lowest BCUT2D eigenvalue weighted by atomic mass is 10.00. The molecule has 0 bridgehead atoms. The third-order valence-electron chi connectivity index (χ3n) is 5.09. The lowest BCUT2D eigenvalue weighted by molar-refractivity contribution is 0.0830. The summed E-state index contributed by atoms with van der Waals surface area (Å²) in [5, 5.41) is 10.0. The highest BCUT2D eigenvalue weighted by Gasteiger charge is 2.26. The van der Waals surface area contributed by atoms with Crippen molar-refractivity contribution in [2.24, 2.45) is 0 Å². The van der Waals surface area contributed by atoms with Crippen LogP contribution in [0.25, 0.3) is 0 Å². The van der Waals surface area contributed by atoms with Gasteiger partial charge in [0.1, 0.15) is 0 Å². The van der Waals surface area contributed by atoms with Crippen LogP contribution >= 0.6 is 11.8 Å². The minimum atomic E-state index is 0.368. The number of hydrogen-bond donors (Lipinski definition) is 1. The molecule has 2 N–H and O–H groups in total. The van der Waals surface area contributed by atoms with E-state index in [9.17, 15) is 0 Å². The Kier molecular flexibility index (Phi) is 4.76. The molecule has 128 valence electrons. The Morgan fingerprint density at radius 3 is 2.79 bits per heavy atom. The minimum Gasteiger partial charge on any atom is -0.381 e. The molecule has 0 unspecified atom stereocenters. The van der Waals surface area contributed by atoms with Crippen molar-refractivity contribution in [3.63, 3.8) is 0 Å². The van der Waals surface area contributed by atoms with Crippen LogP contribution in [0.3, 0.4) is 0 Å². The summed E-state index contributed by atoms with van der Waals surface area (Å²) in [6.45, 7) is 1.58. The van der Waals surface area contributed by atoms with Gasteiger partial charge in [-0.3, -0.25) is 0 Å². The summed E-state index contributed by atoms with van der Waals surface area (Å²) in [6.07, 6.45) is 6.81. The average Bonchev–Trinajstić information content (AvgIpc) is 2.86. The van der Waals surface area contributed by atoms with Gasteiger partial charge in [-0.25, -0.2) is 4.68 Å². The Morgan fingerprint density at radius 1 is 1.08 bits per heavy atom. The van der Waals surface area contributed by atoms with Gasteiger partial charge in [0.05, 0.1) is 0 Å². The Balaban J connectivity index is 1.56. The first-order valence-electron chi connectivity index (χ1n) is 8.85. The molecule has 2 heterocycles. The largest absolute Gasteiger partial charge is 0.381 e. The number of benzene rings is 1. The number of ether oxygens (including phenoxy) is 1. The fourth-order valence-electron chi connectivity index (χ4n) is 3.73. The molecule has 0 amide bonds. The van der Waals surface area contributed by atoms with Gasteiger partial charge in [0.25, 0.3) is 0 Å². The predicted molar refractivity (Wildman–Crippen MR) is 95.6 cm³/mol. The molecule has 5 nitrogen and oxygen atoms in total. The van der Waals surface area contributed by atoms with Crippen molar-refractivity contribution >= 4 is 11.8 Å². The first kappa shape index (κ1) is 16.0. The van der Waals surface area contributed by atoms with Crippen molar-refractivity contribution in [2.45, 2.75) is 54.8 Å². The molecule has 4 rings (SSSR count). The van der Waals surface area contributed by atoms with E-state index in [-0.39, 0.29) is 0 Å². The predicted octanol–water partition coefficient (Wildman–Crippen LogP) is 3.45. The van der Waals surface area contributed by atoms with Crippen molar-refractivity contribution in [3.8, 4) is 0 Å². The molecular weight excluding hydrogens is 320 g/mol. The summed E-state index contributed by atoms with van der Waals surface area (Å²) < 4.78 is 7.16. The third kappa shape index (κ3) is 3.17. The number of rotatable bonds is 3. The van der Waals surface area contributed by atoms with E-state index in [1.165, 1.54) is 36.8 Å². The summed E-state index contributed by atoms with van der Waals surface area (Å²) in [5.74, 6) is 7.61. The van der Waals surface area contributed by atoms with Gasteiger partial charge in [-0.1, -0.05) is 42.4 Å². The highest BCUT2D eigenvalue weighted by Crippen LogP contribution is 2.42. The van der Waals surface area contributed by atoms with Gasteiger partial charge < -0.3 is 10.6 Å². The standard InChI is InChI=1S/C18H24N4OS/c19-22-17(14-9-11-23-12-10-14)20-21-18(22)24-16-8-4-2-6-13-5-1-3-7-15(13)16/h1,3,5,7,14,16H,2,4,6,8-12,19H2/t16-/m1/s1. The second-order valence-electron chi connectivity index (χ2n) is 6.65. The molecule has 1 aromatic heterocycles. The Bertz CT molecular complexity index is 696. The molecule has 2 aliphatic rings. The maximum atomic E-state index is 6.34. The zero-order valence-corrected chi connectivity index (χ0v) is 14.7. The van der Waals surface area contributed by atoms with Gasteiger partial charge in [0, 0.05) is 24.4 Å². The number of thioether (sulfide) groups is 1. The molecule has 24 heavy (non-hydrogen) atoms. The molecule has 1 saturated heterocycles. The van der Waals surface area contributed by atoms with E-state index in [0.29, 0.717) is 11.2 Å². The van der Waals surface area contributed by atoms with Gasteiger partial charge in [0.15, 0.2) is 5.82 Å². The van der Waals surface area contributed by atoms with Gasteiger partial charge in [0.2, 0.25) is 5.16 Å². The van der Waals surface area contributed by atoms with Gasteiger partial charge in [-0.05, 0) is 43.2 Å². The molecular formula is C18H24N4OS. The van der Waals surface area contributed by atoms with Crippen molar-refractivity contribution in [3.05, 3.63) is 41.2 Å². The highest BCUT2D eigenvalue weighted by molar-refractivity contribution is 7.99. The normalized spacial score (nSPS) is 22.1. The number of nitrogen functional groups attached to an aromatic ring is 1. The zero-order valence-electron chi connectivity index (χ0n) is 13.9. The maximum absolute atomic E-state index is 6.34. The van der Waals surface area contributed by atoms with Gasteiger partial charge in [-0.15, -0.1) is 10.2 Å². The number of nitrogens with zero attached hydrogens (tertiary/aromatic N) is 3. The molecule has 1 aliphatic heterocycles. The van der Waals surface area contributed by atoms with Crippen LogP contribution in [0.4, 0.5) is 0 Å². The second kappa shape index (κ2) is 7.15. The molecule has 2 aromatic rings. The summed E-state index contributed by atoms with van der Waals surface area (Å²) in [4.78, 5) is 0. The van der Waals surface area contributed by atoms with Gasteiger partial charge >= 0.3 is 0 Å². The fourth-order valence-corrected chi connectivity index (χ4v) is 4.92. The second-order valence-corrected chi connectivity index (χ2v) is 7.82. The van der Waals surface area contributed by atoms with Crippen LogP contribution in [0.5, 0.6) is 0 Å². The van der Waals surface area contributed by atoms with Crippen molar-refractivity contribution in [1.29, 1.82) is 0 Å². The van der Waals surface area contributed by atoms with Crippen LogP contribution in [-0.2, 0) is 11.2 Å². The first-order valence-corrected chi connectivity index (χ1v) is 9.73. The quantitative estimate of drug-likeness (QED) is 0.682. The number of aromatic nitrogens is 3. The lowest BCUT2D eigenvalue weighted by Crippen LogP contribution is -2.22. The molecule has 0 saturated carbocycles. The Labute approximate surface area is 146 Å². The number of aryl methyl sites for hydroxylation is 1. The smallest absolute Gasteiger partial charge is 0.210 e. The maximum Gasteiger partial charge on any atom is 0.210 e. The van der Waals surface area contributed by atoms with E-state index >= 15 is 0 Å². The summed E-state index contributed by atoms with van der Waals surface area (Å²) >= 11 is 1.77. The summed E-state index contributed by atoms with van der Waals surface area (Å²) in [6, 6.07) is 8.79. The third-order valence-corrected chi connectivity index (χ3v) is 6.35. The first-order chi connectivity index (χ1) is 11.8. The van der Waals surface area contributed by atoms with Crippen LogP contribution < -0.4 is 5.84 Å². The molecule has 1 fully saturated rings. The Morgan fingerprint density at radius 2 is 1.92 bits per heavy atom. The van der Waals surface area contributed by atoms with Crippen molar-refractivity contribution in [1.82, 2.24) is 14.9 Å². The molecule has 1 aliphatic carbocycles. The average molecular weight is 344 g/mol. The van der Waals surface area contributed by atoms with E-state index in [1.807, 2.05) is 0 Å². The number of hydrogen-bond acceptors (Lipinski definition) is 5. The SMILES string of the molecule is Nn1c(S[C@@H]2CCCCc3ccccc32)nnc1C1CCOCC1. The minimum absolute atomic E-state index is 0.368. The van der Waals surface area contributed by atoms with Crippen LogP contribution in [0.1, 0.15) is 60.2 Å². The summed E-state index contributed by atoms with van der Waals surface area (Å²) in [7, 11) is 0. The van der Waals surface area contributed by atoms with Crippen LogP contribution in [0.15, 0.2) is 29.4 Å². The Hall–Kier alpha value is -1.53. The molecule has 1 aromatic carbocycles. The molecule has 0 spiro atoms. The lowest BCUT2D eigenvalue weighted by Gasteiger charge is -2.21. The van der Waals surface area contributed by atoms with Crippen LogP contribution in [0.2, 0.25) is 0 Å². The van der Waals surface area contributed by atoms with E-state index in [1.54, 1.807) is 16.4 Å². The fraction of sp³-hybridized carbons (Fsp3) is 0.556. The molecule has 1 atom stereocenters. The van der Waals surface area contributed by atoms with E-state index in [4.69, 9.17) is 10.6 Å². The monoisotopic (exact) mass is 344 g/mol. The molecule has 0 radical (unpaired) electrons. The van der Waals surface area contributed by atoms with Gasteiger partial charge in [-0.2, -0.15) is 0 Å². The van der Waals surface area contributed by atoms with E-state index < -0.39 is 0 Å². The number of nitrogens with two attached hydrogens (primary N) is 1. The van der Waals surface area contributed by atoms with Crippen molar-refractivity contribution in [2.75, 3.05) is 19.1 Å². The van der Waals surface area contributed by atoms with E-state index in [0.717, 1.165) is 37.0 Å². The van der Waals surface area contributed by atoms with Crippen LogP contribution in [-0.4, -0.2) is 28.1 Å². The zero-order chi connectivity index (χ0) is 16.4. The number of fused-ring (bicyclic) bond motifs is 1.